The number of hydrogen-bond acceptors (Lipinski definition) is 5. The molecule has 3 aromatic rings. The summed E-state index contributed by atoms with van der Waals surface area (Å²) in [5.41, 5.74) is -0.997. The number of ketones is 2. The molecule has 2 fully saturated rings. The number of carbonyl (C=O) groups is 4. The molecule has 1 spiro atoms. The molecule has 0 saturated carbocycles. The first-order valence-corrected chi connectivity index (χ1v) is 10.5. The van der Waals surface area contributed by atoms with Crippen LogP contribution in [0.25, 0.3) is 0 Å². The zero-order chi connectivity index (χ0) is 22.9. The van der Waals surface area contributed by atoms with Gasteiger partial charge in [-0.1, -0.05) is 54.6 Å². The number of imide groups is 1. The van der Waals surface area contributed by atoms with E-state index in [1.165, 1.54) is 24.3 Å². The second-order valence-corrected chi connectivity index (χ2v) is 8.38. The molecule has 3 atom stereocenters. The Morgan fingerprint density at radius 3 is 1.91 bits per heavy atom. The molecule has 162 valence electrons. The lowest BCUT2D eigenvalue weighted by Crippen LogP contribution is -2.51. The second kappa shape index (κ2) is 6.76. The Bertz CT molecular complexity index is 1320. The molecule has 1 aliphatic carbocycles. The average molecular weight is 441 g/mol. The lowest BCUT2D eigenvalue weighted by molar-refractivity contribution is -0.127. The van der Waals surface area contributed by atoms with Crippen molar-refractivity contribution in [2.75, 3.05) is 4.90 Å². The third kappa shape index (κ3) is 2.45. The van der Waals surface area contributed by atoms with Crippen LogP contribution < -0.4 is 4.90 Å². The van der Waals surface area contributed by atoms with Gasteiger partial charge < -0.3 is 4.74 Å². The fourth-order valence-corrected chi connectivity index (χ4v) is 5.31. The van der Waals surface area contributed by atoms with Crippen LogP contribution in [0.3, 0.4) is 0 Å². The summed E-state index contributed by atoms with van der Waals surface area (Å²) in [6, 6.07) is 20.0. The van der Waals surface area contributed by atoms with Crippen LogP contribution in [-0.4, -0.2) is 29.0 Å². The SMILES string of the molecule is O=C1[C@@H]2[C@@H](c3ccccc3)OC3(C(=O)c4ccccc4C3=O)[C@H]2C(=O)N1c1ccc(F)cc1. The van der Waals surface area contributed by atoms with E-state index in [1.54, 1.807) is 42.5 Å². The number of amides is 2. The summed E-state index contributed by atoms with van der Waals surface area (Å²) in [5.74, 6) is -5.43. The molecule has 0 unspecified atom stereocenters. The van der Waals surface area contributed by atoms with Gasteiger partial charge in [0.15, 0.2) is 0 Å². The molecule has 0 bridgehead atoms. The normalized spacial score (nSPS) is 25.1. The number of nitrogens with zero attached hydrogens (tertiary/aromatic N) is 1. The van der Waals surface area contributed by atoms with E-state index < -0.39 is 52.7 Å². The molecule has 2 aliphatic heterocycles. The molecule has 6 nitrogen and oxygen atoms in total. The van der Waals surface area contributed by atoms with E-state index in [-0.39, 0.29) is 16.8 Å². The lowest BCUT2D eigenvalue weighted by atomic mass is 9.77. The third-order valence-corrected chi connectivity index (χ3v) is 6.73. The first-order valence-electron chi connectivity index (χ1n) is 10.5. The van der Waals surface area contributed by atoms with Gasteiger partial charge in [-0.3, -0.25) is 19.2 Å². The Morgan fingerprint density at radius 2 is 1.30 bits per heavy atom. The number of fused-ring (bicyclic) bond motifs is 3. The van der Waals surface area contributed by atoms with E-state index >= 15 is 0 Å². The number of anilines is 1. The van der Waals surface area contributed by atoms with Crippen LogP contribution in [0.5, 0.6) is 0 Å². The summed E-state index contributed by atoms with van der Waals surface area (Å²) < 4.78 is 19.7. The Hall–Kier alpha value is -3.97. The molecule has 0 N–H and O–H groups in total. The molecule has 0 aromatic heterocycles. The molecule has 33 heavy (non-hydrogen) atoms. The maximum Gasteiger partial charge on any atom is 0.241 e. The monoisotopic (exact) mass is 441 g/mol. The van der Waals surface area contributed by atoms with Gasteiger partial charge in [-0.2, -0.15) is 0 Å². The van der Waals surface area contributed by atoms with Gasteiger partial charge in [0, 0.05) is 11.1 Å². The quantitative estimate of drug-likeness (QED) is 0.449. The van der Waals surface area contributed by atoms with E-state index in [0.29, 0.717) is 5.56 Å². The van der Waals surface area contributed by atoms with Gasteiger partial charge in [0.2, 0.25) is 29.0 Å². The zero-order valence-corrected chi connectivity index (χ0v) is 17.1. The fraction of sp³-hybridized carbons (Fsp3) is 0.154. The van der Waals surface area contributed by atoms with Gasteiger partial charge >= 0.3 is 0 Å². The molecule has 0 radical (unpaired) electrons. The Labute approximate surface area is 187 Å². The van der Waals surface area contributed by atoms with Gasteiger partial charge in [-0.25, -0.2) is 9.29 Å². The maximum atomic E-state index is 13.7. The largest absolute Gasteiger partial charge is 0.349 e. The summed E-state index contributed by atoms with van der Waals surface area (Å²) in [6.07, 6.45) is -0.972. The minimum absolute atomic E-state index is 0.176. The number of ether oxygens (including phenoxy) is 1. The van der Waals surface area contributed by atoms with Crippen molar-refractivity contribution in [1.29, 1.82) is 0 Å². The molecular formula is C26H16FNO5. The summed E-state index contributed by atoms with van der Waals surface area (Å²) in [7, 11) is 0. The van der Waals surface area contributed by atoms with E-state index in [2.05, 4.69) is 0 Å². The number of rotatable bonds is 2. The van der Waals surface area contributed by atoms with Crippen molar-refractivity contribution in [3.05, 3.63) is 101 Å². The molecule has 7 heteroatoms. The highest BCUT2D eigenvalue weighted by atomic mass is 19.1. The van der Waals surface area contributed by atoms with Gasteiger partial charge in [0.1, 0.15) is 5.82 Å². The molecule has 3 aromatic carbocycles. The van der Waals surface area contributed by atoms with Gasteiger partial charge in [-0.15, -0.1) is 0 Å². The van der Waals surface area contributed by atoms with Crippen molar-refractivity contribution in [1.82, 2.24) is 0 Å². The highest BCUT2D eigenvalue weighted by Crippen LogP contribution is 2.57. The number of halogens is 1. The number of benzene rings is 3. The van der Waals surface area contributed by atoms with Gasteiger partial charge in [0.05, 0.1) is 23.6 Å². The highest BCUT2D eigenvalue weighted by molar-refractivity contribution is 6.37. The minimum Gasteiger partial charge on any atom is -0.349 e. The summed E-state index contributed by atoms with van der Waals surface area (Å²) in [4.78, 5) is 55.5. The number of hydrogen-bond donors (Lipinski definition) is 0. The van der Waals surface area contributed by atoms with Crippen molar-refractivity contribution in [3.63, 3.8) is 0 Å². The van der Waals surface area contributed by atoms with Crippen LogP contribution in [0.4, 0.5) is 10.1 Å². The van der Waals surface area contributed by atoms with Crippen molar-refractivity contribution >= 4 is 29.1 Å². The maximum absolute atomic E-state index is 13.7. The summed E-state index contributed by atoms with van der Waals surface area (Å²) >= 11 is 0. The van der Waals surface area contributed by atoms with Crippen molar-refractivity contribution in [2.24, 2.45) is 11.8 Å². The molecular weight excluding hydrogens is 425 g/mol. The Balaban J connectivity index is 1.55. The van der Waals surface area contributed by atoms with Crippen LogP contribution in [0.1, 0.15) is 32.4 Å². The number of carbonyl (C=O) groups excluding carboxylic acids is 4. The first kappa shape index (κ1) is 19.7. The Kier molecular flexibility index (Phi) is 4.04. The standard InChI is InChI=1S/C26H16FNO5/c27-15-10-12-16(13-11-15)28-24(31)19-20(25(28)32)26(33-21(19)14-6-2-1-3-7-14)22(29)17-8-4-5-9-18(17)23(26)30/h1-13,19-21H/t19-,20+,21+/m0/s1. The predicted molar refractivity (Wildman–Crippen MR) is 114 cm³/mol. The van der Waals surface area contributed by atoms with Crippen LogP contribution in [0.2, 0.25) is 0 Å². The van der Waals surface area contributed by atoms with Crippen molar-refractivity contribution in [2.45, 2.75) is 11.7 Å². The van der Waals surface area contributed by atoms with Crippen LogP contribution in [0, 0.1) is 17.7 Å². The van der Waals surface area contributed by atoms with Crippen molar-refractivity contribution in [3.8, 4) is 0 Å². The topological polar surface area (TPSA) is 80.8 Å². The second-order valence-electron chi connectivity index (χ2n) is 8.38. The molecule has 2 amide bonds. The van der Waals surface area contributed by atoms with Crippen LogP contribution in [-0.2, 0) is 14.3 Å². The Morgan fingerprint density at radius 1 is 0.727 bits per heavy atom. The molecule has 2 heterocycles. The molecule has 3 aliphatic rings. The van der Waals surface area contributed by atoms with Gasteiger partial charge in [0.25, 0.3) is 0 Å². The molecule has 6 rings (SSSR count). The van der Waals surface area contributed by atoms with Crippen LogP contribution in [0.15, 0.2) is 78.9 Å². The van der Waals surface area contributed by atoms with Gasteiger partial charge in [-0.05, 0) is 29.8 Å². The van der Waals surface area contributed by atoms with E-state index in [0.717, 1.165) is 17.0 Å². The van der Waals surface area contributed by atoms with E-state index in [9.17, 15) is 23.6 Å². The fourth-order valence-electron chi connectivity index (χ4n) is 5.31. The molecule has 2 saturated heterocycles. The number of Topliss-reactive ketones (excluding diaryl/α,β-unsaturated/α-hetero) is 2. The van der Waals surface area contributed by atoms with Crippen LogP contribution >= 0.6 is 0 Å². The minimum atomic E-state index is -2.11. The third-order valence-electron chi connectivity index (χ3n) is 6.73. The average Bonchev–Trinajstić information content (AvgIpc) is 3.41. The smallest absolute Gasteiger partial charge is 0.241 e. The highest BCUT2D eigenvalue weighted by Gasteiger charge is 2.74. The van der Waals surface area contributed by atoms with E-state index in [4.69, 9.17) is 4.74 Å². The zero-order valence-electron chi connectivity index (χ0n) is 17.1. The van der Waals surface area contributed by atoms with Crippen molar-refractivity contribution < 1.29 is 28.3 Å². The summed E-state index contributed by atoms with van der Waals surface area (Å²) in [5, 5.41) is 0. The van der Waals surface area contributed by atoms with E-state index in [1.807, 2.05) is 0 Å². The first-order chi connectivity index (χ1) is 15.9. The predicted octanol–water partition coefficient (Wildman–Crippen LogP) is 3.52. The lowest BCUT2D eigenvalue weighted by Gasteiger charge is -2.27. The summed E-state index contributed by atoms with van der Waals surface area (Å²) in [6.45, 7) is 0.